The maximum Gasteiger partial charge on any atom is 0.291 e. The summed E-state index contributed by atoms with van der Waals surface area (Å²) in [6.07, 6.45) is 0. The first-order chi connectivity index (χ1) is 26.1. The predicted octanol–water partition coefficient (Wildman–Crippen LogP) is 9.64. The van der Waals surface area contributed by atoms with Crippen molar-refractivity contribution in [1.29, 1.82) is 0 Å². The van der Waals surface area contributed by atoms with E-state index in [2.05, 4.69) is 150 Å². The number of nitrogens with zero attached hydrogens (tertiary/aromatic N) is 2. The van der Waals surface area contributed by atoms with Crippen molar-refractivity contribution in [3.63, 3.8) is 0 Å². The molecule has 9 aromatic rings. The van der Waals surface area contributed by atoms with Crippen molar-refractivity contribution in [1.82, 2.24) is 9.13 Å². The number of hydrogen-bond acceptors (Lipinski definition) is 4. The molecule has 53 heavy (non-hydrogen) atoms. The highest BCUT2D eigenvalue weighted by atomic mass is 32.2. The average molecular weight is 714 g/mol. The van der Waals surface area contributed by atoms with E-state index in [0.29, 0.717) is 0 Å². The fraction of sp³-hybridized carbons (Fsp3) is 0.0667. The van der Waals surface area contributed by atoms with Crippen LogP contribution in [0.2, 0.25) is 0 Å². The number of fused-ring (bicyclic) bond motifs is 14. The first-order valence-corrected chi connectivity index (χ1v) is 20.1. The van der Waals surface area contributed by atoms with E-state index >= 15 is 0 Å². The summed E-state index contributed by atoms with van der Waals surface area (Å²) in [5.41, 5.74) is 13.5. The number of para-hydroxylation sites is 4. The van der Waals surface area contributed by atoms with Crippen LogP contribution in [-0.2, 0) is 0 Å². The Kier molecular flexibility index (Phi) is 5.57. The molecule has 4 nitrogen and oxygen atoms in total. The SMILES string of the molecule is CC(C)c1c2c(cc3c1Oc1ccc4c5ccccc5n5c4c1B3Sc1ccccc1-5)B1Sc3ccccc3-n3c4ccccc4c4ccc(c1c43)O2. The van der Waals surface area contributed by atoms with Gasteiger partial charge in [0, 0.05) is 47.8 Å². The molecular formula is C45H28B2N2O2S2. The molecule has 0 unspecified atom stereocenters. The summed E-state index contributed by atoms with van der Waals surface area (Å²) in [7, 11) is 0. The third-order valence-corrected chi connectivity index (χ3v) is 14.4. The van der Waals surface area contributed by atoms with Crippen LogP contribution in [0.5, 0.6) is 23.0 Å². The predicted molar refractivity (Wildman–Crippen MR) is 224 cm³/mol. The van der Waals surface area contributed by atoms with E-state index in [9.17, 15) is 0 Å². The minimum atomic E-state index is 0.0265. The summed E-state index contributed by atoms with van der Waals surface area (Å²) in [5, 5.41) is 5.06. The lowest BCUT2D eigenvalue weighted by molar-refractivity contribution is 0.450. The molecule has 7 aromatic carbocycles. The molecule has 248 valence electrons. The Morgan fingerprint density at radius 3 is 1.45 bits per heavy atom. The zero-order valence-corrected chi connectivity index (χ0v) is 30.5. The lowest BCUT2D eigenvalue weighted by Gasteiger charge is -2.34. The molecule has 0 N–H and O–H groups in total. The van der Waals surface area contributed by atoms with Crippen molar-refractivity contribution in [3.8, 4) is 34.4 Å². The summed E-state index contributed by atoms with van der Waals surface area (Å²) in [6.45, 7) is 4.56. The molecule has 0 saturated carbocycles. The Morgan fingerprint density at radius 2 is 0.962 bits per heavy atom. The van der Waals surface area contributed by atoms with E-state index < -0.39 is 0 Å². The lowest BCUT2D eigenvalue weighted by atomic mass is 9.53. The Balaban J connectivity index is 1.13. The molecule has 0 atom stereocenters. The fourth-order valence-electron chi connectivity index (χ4n) is 9.68. The number of aromatic nitrogens is 2. The second-order valence-electron chi connectivity index (χ2n) is 14.9. The first-order valence-electron chi connectivity index (χ1n) is 18.3. The van der Waals surface area contributed by atoms with Gasteiger partial charge in [0.15, 0.2) is 0 Å². The van der Waals surface area contributed by atoms with E-state index in [-0.39, 0.29) is 17.9 Å². The standard InChI is InChI=1S/C45H28B2N2O2S2/c1-24(2)39-44-29(46-40-35(50-44)21-19-27-25-11-3-5-13-31(25)48(42(27)40)33-15-7-9-17-37(33)52-46)23-30-45(39)51-36-22-20-28-26-12-4-6-14-32(26)49-34-16-8-10-18-38(34)53-47(30)41(36)43(28)49/h3-24H,1-2H3. The van der Waals surface area contributed by atoms with Crippen molar-refractivity contribution >= 4 is 101 Å². The topological polar surface area (TPSA) is 28.3 Å². The molecule has 0 fully saturated rings. The number of ether oxygens (including phenoxy) is 2. The molecule has 0 radical (unpaired) electrons. The maximum atomic E-state index is 7.20. The van der Waals surface area contributed by atoms with Gasteiger partial charge in [-0.15, -0.1) is 0 Å². The molecule has 0 aliphatic carbocycles. The van der Waals surface area contributed by atoms with Gasteiger partial charge in [-0.05, 0) is 77.5 Å². The zero-order chi connectivity index (χ0) is 34.7. The van der Waals surface area contributed by atoms with E-state index in [1.807, 2.05) is 23.2 Å². The summed E-state index contributed by atoms with van der Waals surface area (Å²) < 4.78 is 19.4. The summed E-state index contributed by atoms with van der Waals surface area (Å²) >= 11 is 3.90. The van der Waals surface area contributed by atoms with Gasteiger partial charge in [0.05, 0.1) is 33.4 Å². The van der Waals surface area contributed by atoms with Crippen LogP contribution in [0.3, 0.4) is 0 Å². The van der Waals surface area contributed by atoms with Crippen LogP contribution < -0.4 is 31.3 Å². The van der Waals surface area contributed by atoms with Crippen molar-refractivity contribution in [2.45, 2.75) is 29.6 Å². The van der Waals surface area contributed by atoms with Gasteiger partial charge in [0.2, 0.25) is 0 Å². The fourth-order valence-corrected chi connectivity index (χ4v) is 12.4. The molecule has 8 heteroatoms. The Morgan fingerprint density at radius 1 is 0.509 bits per heavy atom. The van der Waals surface area contributed by atoms with Crippen LogP contribution in [0.4, 0.5) is 0 Å². The van der Waals surface area contributed by atoms with Gasteiger partial charge in [-0.1, -0.05) is 80.6 Å². The molecule has 0 amide bonds. The van der Waals surface area contributed by atoms with Crippen molar-refractivity contribution in [3.05, 3.63) is 133 Å². The smallest absolute Gasteiger partial charge is 0.291 e. The summed E-state index contributed by atoms with van der Waals surface area (Å²) in [5.74, 6) is 3.98. The van der Waals surface area contributed by atoms with Gasteiger partial charge in [-0.2, -0.15) is 23.2 Å². The van der Waals surface area contributed by atoms with Gasteiger partial charge < -0.3 is 18.6 Å². The number of benzene rings is 7. The zero-order valence-electron chi connectivity index (χ0n) is 28.9. The molecule has 0 bridgehead atoms. The molecular weight excluding hydrogens is 686 g/mol. The first kappa shape index (κ1) is 29.1. The van der Waals surface area contributed by atoms with E-state index in [1.165, 1.54) is 86.6 Å². The van der Waals surface area contributed by atoms with Gasteiger partial charge in [-0.3, -0.25) is 0 Å². The van der Waals surface area contributed by atoms with Gasteiger partial charge >= 0.3 is 0 Å². The van der Waals surface area contributed by atoms with Crippen molar-refractivity contribution in [2.24, 2.45) is 0 Å². The largest absolute Gasteiger partial charge is 0.458 e. The minimum absolute atomic E-state index is 0.0265. The Hall–Kier alpha value is -5.43. The lowest BCUT2D eigenvalue weighted by Crippen LogP contribution is -2.51. The maximum absolute atomic E-state index is 7.20. The van der Waals surface area contributed by atoms with Crippen LogP contribution >= 0.6 is 23.2 Å². The molecule has 13 rings (SSSR count). The van der Waals surface area contributed by atoms with E-state index in [4.69, 9.17) is 9.47 Å². The highest BCUT2D eigenvalue weighted by Crippen LogP contribution is 2.49. The van der Waals surface area contributed by atoms with Crippen LogP contribution in [-0.4, -0.2) is 21.1 Å². The molecule has 6 heterocycles. The average Bonchev–Trinajstić information content (AvgIpc) is 3.58. The van der Waals surface area contributed by atoms with Gasteiger partial charge in [0.1, 0.15) is 23.0 Å². The van der Waals surface area contributed by atoms with Crippen molar-refractivity contribution in [2.75, 3.05) is 0 Å². The van der Waals surface area contributed by atoms with Crippen LogP contribution in [0.25, 0.3) is 55.0 Å². The summed E-state index contributed by atoms with van der Waals surface area (Å²) in [6, 6.07) is 46.8. The highest BCUT2D eigenvalue weighted by molar-refractivity contribution is 8.28. The summed E-state index contributed by atoms with van der Waals surface area (Å²) in [4.78, 5) is 2.54. The van der Waals surface area contributed by atoms with E-state index in [1.54, 1.807) is 0 Å². The normalized spacial score (nSPS) is 14.5. The molecule has 4 aliphatic rings. The van der Waals surface area contributed by atoms with Gasteiger partial charge in [0.25, 0.3) is 12.0 Å². The van der Waals surface area contributed by atoms with Gasteiger partial charge in [-0.25, -0.2) is 0 Å². The van der Waals surface area contributed by atoms with Crippen molar-refractivity contribution < 1.29 is 9.47 Å². The monoisotopic (exact) mass is 714 g/mol. The van der Waals surface area contributed by atoms with Crippen LogP contribution in [0.1, 0.15) is 25.3 Å². The van der Waals surface area contributed by atoms with Crippen LogP contribution in [0, 0.1) is 0 Å². The quantitative estimate of drug-likeness (QED) is 0.159. The molecule has 2 aromatic heterocycles. The molecule has 4 aliphatic heterocycles. The molecule has 0 saturated heterocycles. The number of hydrogen-bond donors (Lipinski definition) is 0. The Labute approximate surface area is 314 Å². The van der Waals surface area contributed by atoms with Crippen LogP contribution in [0.15, 0.2) is 137 Å². The highest BCUT2D eigenvalue weighted by Gasteiger charge is 2.45. The number of rotatable bonds is 1. The Bertz CT molecular complexity index is 2940. The second kappa shape index (κ2) is 10.2. The minimum Gasteiger partial charge on any atom is -0.458 e. The third kappa shape index (κ3) is 3.59. The molecule has 0 spiro atoms. The third-order valence-electron chi connectivity index (χ3n) is 11.8. The van der Waals surface area contributed by atoms with E-state index in [0.717, 1.165) is 28.6 Å². The second-order valence-corrected chi connectivity index (χ2v) is 17.2.